The van der Waals surface area contributed by atoms with Gasteiger partial charge in [-0.15, -0.1) is 0 Å². The number of rotatable bonds is 2. The van der Waals surface area contributed by atoms with Crippen molar-refractivity contribution in [2.75, 3.05) is 5.32 Å². The van der Waals surface area contributed by atoms with Crippen molar-refractivity contribution in [3.8, 4) is 0 Å². The molecule has 5 heteroatoms. The summed E-state index contributed by atoms with van der Waals surface area (Å²) < 4.78 is 1.06. The highest BCUT2D eigenvalue weighted by molar-refractivity contribution is 7.22. The monoisotopic (exact) mass is 319 g/mol. The molecule has 1 amide bonds. The van der Waals surface area contributed by atoms with E-state index in [4.69, 9.17) is 0 Å². The molecule has 0 saturated carbocycles. The summed E-state index contributed by atoms with van der Waals surface area (Å²) >= 11 is 1.47. The minimum Gasteiger partial charge on any atom is -0.296 e. The molecule has 23 heavy (non-hydrogen) atoms. The average molecular weight is 319 g/mol. The Morgan fingerprint density at radius 1 is 1.00 bits per heavy atom. The van der Waals surface area contributed by atoms with Gasteiger partial charge in [0.25, 0.3) is 5.91 Å². The van der Waals surface area contributed by atoms with E-state index in [9.17, 15) is 4.79 Å². The molecule has 4 aromatic rings. The van der Waals surface area contributed by atoms with Crippen LogP contribution in [0, 0.1) is 6.92 Å². The van der Waals surface area contributed by atoms with E-state index in [1.165, 1.54) is 11.3 Å². The van der Waals surface area contributed by atoms with Gasteiger partial charge in [0.2, 0.25) is 0 Å². The first kappa shape index (κ1) is 13.8. The van der Waals surface area contributed by atoms with Crippen LogP contribution in [0.15, 0.2) is 54.6 Å². The van der Waals surface area contributed by atoms with Crippen LogP contribution in [0.1, 0.15) is 16.1 Å². The van der Waals surface area contributed by atoms with E-state index in [0.717, 1.165) is 26.7 Å². The Kier molecular flexibility index (Phi) is 3.28. The zero-order valence-electron chi connectivity index (χ0n) is 12.4. The van der Waals surface area contributed by atoms with Crippen molar-refractivity contribution in [2.45, 2.75) is 6.92 Å². The molecule has 2 heterocycles. The molecule has 0 radical (unpaired) electrons. The van der Waals surface area contributed by atoms with Crippen molar-refractivity contribution >= 4 is 43.5 Å². The van der Waals surface area contributed by atoms with Gasteiger partial charge in [-0.3, -0.25) is 10.1 Å². The van der Waals surface area contributed by atoms with Crippen LogP contribution in [0.2, 0.25) is 0 Å². The van der Waals surface area contributed by atoms with Gasteiger partial charge in [-0.25, -0.2) is 9.97 Å². The number of aromatic nitrogens is 2. The third kappa shape index (κ3) is 2.55. The zero-order valence-corrected chi connectivity index (χ0v) is 13.2. The molecule has 0 saturated heterocycles. The summed E-state index contributed by atoms with van der Waals surface area (Å²) in [6.45, 7) is 2.01. The summed E-state index contributed by atoms with van der Waals surface area (Å²) in [5.41, 5.74) is 3.22. The molecule has 1 N–H and O–H groups in total. The maximum absolute atomic E-state index is 12.4. The fraction of sp³-hybridized carbons (Fsp3) is 0.0556. The molecule has 2 aromatic carbocycles. The van der Waals surface area contributed by atoms with Crippen molar-refractivity contribution in [3.63, 3.8) is 0 Å². The summed E-state index contributed by atoms with van der Waals surface area (Å²) in [5.74, 6) is -0.243. The Morgan fingerprint density at radius 2 is 1.87 bits per heavy atom. The fourth-order valence-electron chi connectivity index (χ4n) is 2.49. The van der Waals surface area contributed by atoms with Crippen LogP contribution in [0.25, 0.3) is 21.1 Å². The molecule has 0 fully saturated rings. The van der Waals surface area contributed by atoms with Crippen LogP contribution in [0.3, 0.4) is 0 Å². The van der Waals surface area contributed by atoms with E-state index in [0.29, 0.717) is 10.8 Å². The second kappa shape index (κ2) is 5.44. The van der Waals surface area contributed by atoms with Crippen molar-refractivity contribution in [2.24, 2.45) is 0 Å². The molecule has 112 valence electrons. The lowest BCUT2D eigenvalue weighted by atomic mass is 10.2. The number of carbonyl (C=O) groups excluding carboxylic acids is 1. The number of pyridine rings is 1. The van der Waals surface area contributed by atoms with E-state index in [1.807, 2.05) is 55.5 Å². The molecular formula is C18H13N3OS. The molecule has 0 atom stereocenters. The van der Waals surface area contributed by atoms with E-state index in [-0.39, 0.29) is 5.91 Å². The Hall–Kier alpha value is -2.79. The minimum absolute atomic E-state index is 0.243. The van der Waals surface area contributed by atoms with Gasteiger partial charge in [0.15, 0.2) is 5.13 Å². The largest absolute Gasteiger partial charge is 0.296 e. The number of nitrogens with zero attached hydrogens (tertiary/aromatic N) is 2. The summed E-state index contributed by atoms with van der Waals surface area (Å²) in [4.78, 5) is 21.3. The van der Waals surface area contributed by atoms with Crippen LogP contribution in [0.5, 0.6) is 0 Å². The third-order valence-electron chi connectivity index (χ3n) is 3.67. The molecule has 0 aliphatic carbocycles. The number of thiazole rings is 1. The number of benzene rings is 2. The molecular weight excluding hydrogens is 306 g/mol. The van der Waals surface area contributed by atoms with Gasteiger partial charge in [-0.2, -0.15) is 0 Å². The number of amides is 1. The molecule has 0 bridgehead atoms. The predicted molar refractivity (Wildman–Crippen MR) is 94.1 cm³/mol. The van der Waals surface area contributed by atoms with Crippen molar-refractivity contribution in [3.05, 3.63) is 65.9 Å². The third-order valence-corrected chi connectivity index (χ3v) is 4.61. The molecule has 4 nitrogen and oxygen atoms in total. The van der Waals surface area contributed by atoms with Crippen LogP contribution < -0.4 is 5.32 Å². The zero-order chi connectivity index (χ0) is 15.8. The maximum Gasteiger partial charge on any atom is 0.276 e. The van der Waals surface area contributed by atoms with Crippen LogP contribution in [-0.4, -0.2) is 15.9 Å². The SMILES string of the molecule is Cc1cccc2sc(NC(=O)c3ccc4ccccc4n3)nc12. The lowest BCUT2D eigenvalue weighted by Gasteiger charge is -2.02. The van der Waals surface area contributed by atoms with E-state index in [2.05, 4.69) is 15.3 Å². The number of nitrogens with one attached hydrogen (secondary N) is 1. The number of fused-ring (bicyclic) bond motifs is 2. The van der Waals surface area contributed by atoms with Gasteiger partial charge in [-0.05, 0) is 30.7 Å². The van der Waals surface area contributed by atoms with Gasteiger partial charge in [0, 0.05) is 5.39 Å². The first-order valence-electron chi connectivity index (χ1n) is 7.24. The Morgan fingerprint density at radius 3 is 2.74 bits per heavy atom. The van der Waals surface area contributed by atoms with Crippen LogP contribution in [0.4, 0.5) is 5.13 Å². The average Bonchev–Trinajstić information content (AvgIpc) is 2.98. The summed E-state index contributed by atoms with van der Waals surface area (Å²) in [6, 6.07) is 17.4. The molecule has 2 aromatic heterocycles. The van der Waals surface area contributed by atoms with Crippen LogP contribution in [-0.2, 0) is 0 Å². The highest BCUT2D eigenvalue weighted by atomic mass is 32.1. The normalized spacial score (nSPS) is 11.0. The Balaban J connectivity index is 1.66. The lowest BCUT2D eigenvalue weighted by Crippen LogP contribution is -2.13. The Bertz CT molecular complexity index is 1040. The number of anilines is 1. The minimum atomic E-state index is -0.243. The molecule has 4 rings (SSSR count). The van der Waals surface area contributed by atoms with E-state index >= 15 is 0 Å². The first-order valence-corrected chi connectivity index (χ1v) is 8.06. The summed E-state index contributed by atoms with van der Waals surface area (Å²) in [7, 11) is 0. The smallest absolute Gasteiger partial charge is 0.276 e. The van der Waals surface area contributed by atoms with Crippen molar-refractivity contribution in [1.82, 2.24) is 9.97 Å². The molecule has 0 aliphatic heterocycles. The molecule has 0 aliphatic rings. The van der Waals surface area contributed by atoms with Gasteiger partial charge in [-0.1, -0.05) is 47.7 Å². The van der Waals surface area contributed by atoms with Gasteiger partial charge >= 0.3 is 0 Å². The van der Waals surface area contributed by atoms with Crippen LogP contribution >= 0.6 is 11.3 Å². The number of hydrogen-bond donors (Lipinski definition) is 1. The molecule has 0 spiro atoms. The number of para-hydroxylation sites is 2. The number of carbonyl (C=O) groups is 1. The number of hydrogen-bond acceptors (Lipinski definition) is 4. The highest BCUT2D eigenvalue weighted by Crippen LogP contribution is 2.28. The predicted octanol–water partition coefficient (Wildman–Crippen LogP) is 4.41. The quantitative estimate of drug-likeness (QED) is 0.595. The van der Waals surface area contributed by atoms with Gasteiger partial charge in [0.05, 0.1) is 15.7 Å². The van der Waals surface area contributed by atoms with Crippen molar-refractivity contribution in [1.29, 1.82) is 0 Å². The first-order chi connectivity index (χ1) is 11.2. The lowest BCUT2D eigenvalue weighted by molar-refractivity contribution is 0.102. The topological polar surface area (TPSA) is 54.9 Å². The van der Waals surface area contributed by atoms with Crippen molar-refractivity contribution < 1.29 is 4.79 Å². The standard InChI is InChI=1S/C18H13N3OS/c1-11-5-4-8-15-16(11)20-18(23-15)21-17(22)14-10-9-12-6-2-3-7-13(12)19-14/h2-10H,1H3,(H,20,21,22). The number of aryl methyl sites for hydroxylation is 1. The van der Waals surface area contributed by atoms with Gasteiger partial charge in [0.1, 0.15) is 5.69 Å². The second-order valence-electron chi connectivity index (χ2n) is 5.28. The van der Waals surface area contributed by atoms with E-state index < -0.39 is 0 Å². The van der Waals surface area contributed by atoms with E-state index in [1.54, 1.807) is 6.07 Å². The summed E-state index contributed by atoms with van der Waals surface area (Å²) in [6.07, 6.45) is 0. The van der Waals surface area contributed by atoms with Gasteiger partial charge < -0.3 is 0 Å². The highest BCUT2D eigenvalue weighted by Gasteiger charge is 2.12. The molecule has 0 unspecified atom stereocenters. The maximum atomic E-state index is 12.4. The second-order valence-corrected chi connectivity index (χ2v) is 6.31. The Labute approximate surface area is 136 Å². The fourth-order valence-corrected chi connectivity index (χ4v) is 3.43. The summed E-state index contributed by atoms with van der Waals surface area (Å²) in [5, 5.41) is 4.45.